The fourth-order valence-electron chi connectivity index (χ4n) is 2.94. The van der Waals surface area contributed by atoms with Crippen molar-refractivity contribution in [3.63, 3.8) is 0 Å². The SMILES string of the molecule is Cc1ccc(S(=O)(=O)n2ncc3cc(C[C@@H](CN)N(C)C)ccc32)cc1. The van der Waals surface area contributed by atoms with Crippen molar-refractivity contribution in [3.05, 3.63) is 59.8 Å². The van der Waals surface area contributed by atoms with E-state index >= 15 is 0 Å². The van der Waals surface area contributed by atoms with Crippen molar-refractivity contribution < 1.29 is 8.42 Å². The second-order valence-corrected chi connectivity index (χ2v) is 8.52. The molecular weight excluding hydrogens is 348 g/mol. The quantitative estimate of drug-likeness (QED) is 0.716. The van der Waals surface area contributed by atoms with Crippen molar-refractivity contribution in [1.82, 2.24) is 14.1 Å². The van der Waals surface area contributed by atoms with Crippen LogP contribution in [-0.4, -0.2) is 49.2 Å². The van der Waals surface area contributed by atoms with E-state index in [9.17, 15) is 8.42 Å². The Hall–Kier alpha value is -2.22. The van der Waals surface area contributed by atoms with Crippen LogP contribution in [0.4, 0.5) is 0 Å². The Balaban J connectivity index is 1.98. The molecule has 1 aromatic heterocycles. The van der Waals surface area contributed by atoms with E-state index < -0.39 is 10.0 Å². The highest BCUT2D eigenvalue weighted by molar-refractivity contribution is 7.90. The first-order valence-electron chi connectivity index (χ1n) is 8.48. The first kappa shape index (κ1) is 18.6. The average Bonchev–Trinajstić information content (AvgIpc) is 3.03. The van der Waals surface area contributed by atoms with E-state index in [4.69, 9.17) is 5.73 Å². The Morgan fingerprint density at radius 1 is 1.15 bits per heavy atom. The molecule has 6 nitrogen and oxygen atoms in total. The summed E-state index contributed by atoms with van der Waals surface area (Å²) in [6, 6.07) is 12.7. The molecule has 1 atom stereocenters. The Labute approximate surface area is 154 Å². The van der Waals surface area contributed by atoms with Crippen LogP contribution in [0, 0.1) is 6.92 Å². The van der Waals surface area contributed by atoms with Gasteiger partial charge in [-0.05, 0) is 57.3 Å². The monoisotopic (exact) mass is 372 g/mol. The zero-order valence-electron chi connectivity index (χ0n) is 15.3. The molecule has 138 valence electrons. The van der Waals surface area contributed by atoms with Crippen LogP contribution < -0.4 is 5.73 Å². The Morgan fingerprint density at radius 2 is 1.85 bits per heavy atom. The lowest BCUT2D eigenvalue weighted by molar-refractivity contribution is 0.298. The average molecular weight is 372 g/mol. The number of benzene rings is 2. The van der Waals surface area contributed by atoms with Crippen LogP contribution in [-0.2, 0) is 16.4 Å². The number of nitrogens with two attached hydrogens (primary N) is 1. The summed E-state index contributed by atoms with van der Waals surface area (Å²) in [7, 11) is 0.289. The lowest BCUT2D eigenvalue weighted by atomic mass is 10.0. The van der Waals surface area contributed by atoms with Gasteiger partial charge in [0.1, 0.15) is 0 Å². The fourth-order valence-corrected chi connectivity index (χ4v) is 4.21. The van der Waals surface area contributed by atoms with Gasteiger partial charge in [0.2, 0.25) is 0 Å². The van der Waals surface area contributed by atoms with Crippen LogP contribution in [0.5, 0.6) is 0 Å². The minimum atomic E-state index is -3.72. The zero-order valence-corrected chi connectivity index (χ0v) is 16.1. The summed E-state index contributed by atoms with van der Waals surface area (Å²) in [6.45, 7) is 2.48. The summed E-state index contributed by atoms with van der Waals surface area (Å²) in [4.78, 5) is 2.32. The molecule has 3 aromatic rings. The molecule has 2 aromatic carbocycles. The lowest BCUT2D eigenvalue weighted by Crippen LogP contribution is -2.36. The van der Waals surface area contributed by atoms with Gasteiger partial charge in [0.05, 0.1) is 16.6 Å². The van der Waals surface area contributed by atoms with Gasteiger partial charge in [0, 0.05) is 18.0 Å². The summed E-state index contributed by atoms with van der Waals surface area (Å²) < 4.78 is 26.9. The summed E-state index contributed by atoms with van der Waals surface area (Å²) in [5.74, 6) is 0. The highest BCUT2D eigenvalue weighted by Crippen LogP contribution is 2.22. The minimum Gasteiger partial charge on any atom is -0.329 e. The number of fused-ring (bicyclic) bond motifs is 1. The number of rotatable bonds is 6. The van der Waals surface area contributed by atoms with Crippen molar-refractivity contribution in [1.29, 1.82) is 0 Å². The molecule has 2 N–H and O–H groups in total. The van der Waals surface area contributed by atoms with Crippen LogP contribution in [0.1, 0.15) is 11.1 Å². The first-order valence-corrected chi connectivity index (χ1v) is 9.92. The van der Waals surface area contributed by atoms with E-state index in [1.807, 2.05) is 39.2 Å². The van der Waals surface area contributed by atoms with Gasteiger partial charge in [0.25, 0.3) is 10.0 Å². The maximum Gasteiger partial charge on any atom is 0.283 e. The third-order valence-electron chi connectivity index (χ3n) is 4.62. The van der Waals surface area contributed by atoms with Gasteiger partial charge >= 0.3 is 0 Å². The molecule has 0 radical (unpaired) electrons. The Bertz CT molecular complexity index is 1010. The topological polar surface area (TPSA) is 81.2 Å². The van der Waals surface area contributed by atoms with Crippen LogP contribution in [0.15, 0.2) is 53.6 Å². The molecule has 0 unspecified atom stereocenters. The molecule has 0 spiro atoms. The van der Waals surface area contributed by atoms with E-state index in [-0.39, 0.29) is 10.9 Å². The second kappa shape index (κ2) is 7.19. The normalized spacial score (nSPS) is 13.4. The largest absolute Gasteiger partial charge is 0.329 e. The number of hydrogen-bond donors (Lipinski definition) is 1. The van der Waals surface area contributed by atoms with E-state index in [0.717, 1.165) is 27.0 Å². The second-order valence-electron chi connectivity index (χ2n) is 6.76. The van der Waals surface area contributed by atoms with Crippen molar-refractivity contribution >= 4 is 20.9 Å². The highest BCUT2D eigenvalue weighted by atomic mass is 32.2. The van der Waals surface area contributed by atoms with Gasteiger partial charge in [-0.2, -0.15) is 17.6 Å². The summed E-state index contributed by atoms with van der Waals surface area (Å²) in [5.41, 5.74) is 8.52. The van der Waals surface area contributed by atoms with Gasteiger partial charge in [0.15, 0.2) is 0 Å². The number of hydrogen-bond acceptors (Lipinski definition) is 5. The Morgan fingerprint density at radius 3 is 2.46 bits per heavy atom. The van der Waals surface area contributed by atoms with Gasteiger partial charge in [-0.3, -0.25) is 0 Å². The van der Waals surface area contributed by atoms with E-state index in [1.54, 1.807) is 30.5 Å². The molecule has 0 fully saturated rings. The zero-order chi connectivity index (χ0) is 18.9. The third kappa shape index (κ3) is 3.51. The molecule has 0 bridgehead atoms. The number of aryl methyl sites for hydroxylation is 1. The standard InChI is InChI=1S/C19H24N4O2S/c1-14-4-7-18(8-5-14)26(24,25)23-19-9-6-15(10-16(19)13-21-23)11-17(12-20)22(2)3/h4-10,13,17H,11-12,20H2,1-3H3/t17-/m0/s1. The van der Waals surface area contributed by atoms with E-state index in [1.165, 1.54) is 0 Å². The molecule has 0 aliphatic heterocycles. The predicted octanol–water partition coefficient (Wildman–Crippen LogP) is 2.01. The smallest absolute Gasteiger partial charge is 0.283 e. The van der Waals surface area contributed by atoms with Gasteiger partial charge in [-0.15, -0.1) is 0 Å². The van der Waals surface area contributed by atoms with Crippen LogP contribution >= 0.6 is 0 Å². The lowest BCUT2D eigenvalue weighted by Gasteiger charge is -2.22. The summed E-state index contributed by atoms with van der Waals surface area (Å²) >= 11 is 0. The molecule has 0 saturated heterocycles. The molecule has 0 amide bonds. The molecule has 0 aliphatic rings. The van der Waals surface area contributed by atoms with Crippen LogP contribution in [0.25, 0.3) is 10.9 Å². The molecule has 1 heterocycles. The van der Waals surface area contributed by atoms with Crippen LogP contribution in [0.3, 0.4) is 0 Å². The summed E-state index contributed by atoms with van der Waals surface area (Å²) in [5, 5.41) is 4.93. The number of likely N-dealkylation sites (N-methyl/N-ethyl adjacent to an activating group) is 1. The van der Waals surface area contributed by atoms with Crippen molar-refractivity contribution in [2.24, 2.45) is 5.73 Å². The molecule has 26 heavy (non-hydrogen) atoms. The predicted molar refractivity (Wildman–Crippen MR) is 104 cm³/mol. The van der Waals surface area contributed by atoms with Crippen molar-refractivity contribution in [2.75, 3.05) is 20.6 Å². The van der Waals surface area contributed by atoms with Crippen molar-refractivity contribution in [3.8, 4) is 0 Å². The van der Waals surface area contributed by atoms with E-state index in [2.05, 4.69) is 10.00 Å². The first-order chi connectivity index (χ1) is 12.3. The van der Waals surface area contributed by atoms with Gasteiger partial charge < -0.3 is 10.6 Å². The molecule has 3 rings (SSSR count). The summed E-state index contributed by atoms with van der Waals surface area (Å²) in [6.07, 6.45) is 2.40. The van der Waals surface area contributed by atoms with E-state index in [0.29, 0.717) is 12.1 Å². The van der Waals surface area contributed by atoms with Gasteiger partial charge in [-0.1, -0.05) is 23.8 Å². The molecule has 0 aliphatic carbocycles. The number of aromatic nitrogens is 2. The third-order valence-corrected chi connectivity index (χ3v) is 6.23. The molecule has 0 saturated carbocycles. The van der Waals surface area contributed by atoms with Crippen LogP contribution in [0.2, 0.25) is 0 Å². The minimum absolute atomic E-state index is 0.230. The maximum atomic E-state index is 12.9. The fraction of sp³-hybridized carbons (Fsp3) is 0.316. The maximum absolute atomic E-state index is 12.9. The van der Waals surface area contributed by atoms with Crippen molar-refractivity contribution in [2.45, 2.75) is 24.3 Å². The highest BCUT2D eigenvalue weighted by Gasteiger charge is 2.20. The molecule has 7 heteroatoms. The Kier molecular flexibility index (Phi) is 5.13. The molecular formula is C19H24N4O2S. The number of nitrogens with zero attached hydrogens (tertiary/aromatic N) is 3. The van der Waals surface area contributed by atoms with Gasteiger partial charge in [-0.25, -0.2) is 0 Å².